The van der Waals surface area contributed by atoms with Crippen LogP contribution in [0.25, 0.3) is 0 Å². The molecule has 162 valence electrons. The van der Waals surface area contributed by atoms with Crippen molar-refractivity contribution >= 4 is 11.9 Å². The number of rotatable bonds is 9. The van der Waals surface area contributed by atoms with E-state index in [9.17, 15) is 22.8 Å². The molecule has 29 heavy (non-hydrogen) atoms. The summed E-state index contributed by atoms with van der Waals surface area (Å²) in [7, 11) is 1.41. The molecule has 1 amide bonds. The van der Waals surface area contributed by atoms with Crippen LogP contribution in [0.5, 0.6) is 5.75 Å². The molecule has 1 saturated heterocycles. The maximum atomic E-state index is 14.1. The molecule has 7 nitrogen and oxygen atoms in total. The number of hydrogen-bond donors (Lipinski definition) is 1. The van der Waals surface area contributed by atoms with Gasteiger partial charge in [-0.3, -0.25) is 4.79 Å². The Balaban J connectivity index is 2.34. The van der Waals surface area contributed by atoms with E-state index in [1.54, 1.807) is 12.2 Å². The largest absolute Gasteiger partial charge is 0.497 e. The predicted molar refractivity (Wildman–Crippen MR) is 95.4 cm³/mol. The van der Waals surface area contributed by atoms with Crippen molar-refractivity contribution in [2.75, 3.05) is 33.5 Å². The summed E-state index contributed by atoms with van der Waals surface area (Å²) in [6, 6.07) is 5.36. The fourth-order valence-electron chi connectivity index (χ4n) is 2.66. The zero-order valence-electron chi connectivity index (χ0n) is 16.4. The molecule has 10 heteroatoms. The van der Waals surface area contributed by atoms with E-state index >= 15 is 0 Å². The highest BCUT2D eigenvalue weighted by Gasteiger charge is 2.65. The van der Waals surface area contributed by atoms with Crippen molar-refractivity contribution in [2.45, 2.75) is 32.2 Å². The summed E-state index contributed by atoms with van der Waals surface area (Å²) in [6.07, 6.45) is -4.78. The van der Waals surface area contributed by atoms with Gasteiger partial charge < -0.3 is 24.3 Å². The summed E-state index contributed by atoms with van der Waals surface area (Å²) >= 11 is 0. The van der Waals surface area contributed by atoms with Crippen molar-refractivity contribution in [3.05, 3.63) is 29.8 Å². The molecular formula is C19H24F3NO6. The van der Waals surface area contributed by atoms with Gasteiger partial charge in [0.25, 0.3) is 5.91 Å². The van der Waals surface area contributed by atoms with Gasteiger partial charge >= 0.3 is 17.9 Å². The number of ether oxygens (including phenoxy) is 4. The van der Waals surface area contributed by atoms with Crippen LogP contribution >= 0.6 is 0 Å². The maximum Gasteiger partial charge on any atom is 0.448 e. The molecule has 1 aliphatic rings. The van der Waals surface area contributed by atoms with Gasteiger partial charge in [-0.2, -0.15) is 13.2 Å². The molecule has 1 aromatic carbocycles. The van der Waals surface area contributed by atoms with Crippen molar-refractivity contribution in [3.63, 3.8) is 0 Å². The molecule has 0 saturated carbocycles. The van der Waals surface area contributed by atoms with Crippen LogP contribution in [0.3, 0.4) is 0 Å². The average molecular weight is 419 g/mol. The Morgan fingerprint density at radius 3 is 2.21 bits per heavy atom. The number of alkyl halides is 3. The minimum atomic E-state index is -5.26. The van der Waals surface area contributed by atoms with E-state index in [2.05, 4.69) is 4.74 Å². The van der Waals surface area contributed by atoms with Crippen LogP contribution in [0.1, 0.15) is 30.6 Å². The van der Waals surface area contributed by atoms with Gasteiger partial charge in [0.2, 0.25) is 0 Å². The molecule has 1 heterocycles. The van der Waals surface area contributed by atoms with E-state index in [4.69, 9.17) is 14.2 Å². The molecule has 1 N–H and O–H groups in total. The molecule has 1 atom stereocenters. The number of hydrogen-bond acceptors (Lipinski definition) is 6. The summed E-state index contributed by atoms with van der Waals surface area (Å²) in [5.74, 6) is -2.46. The lowest BCUT2D eigenvalue weighted by Gasteiger charge is -2.43. The van der Waals surface area contributed by atoms with E-state index in [1.807, 2.05) is 0 Å². The van der Waals surface area contributed by atoms with E-state index in [0.717, 1.165) is 0 Å². The molecule has 0 bridgehead atoms. The van der Waals surface area contributed by atoms with Gasteiger partial charge in [0.15, 0.2) is 0 Å². The molecule has 0 spiro atoms. The van der Waals surface area contributed by atoms with Crippen molar-refractivity contribution in [3.8, 4) is 5.75 Å². The summed E-state index contributed by atoms with van der Waals surface area (Å²) in [6.45, 7) is 2.78. The molecule has 1 aromatic rings. The summed E-state index contributed by atoms with van der Waals surface area (Å²) in [5.41, 5.74) is -4.41. The van der Waals surface area contributed by atoms with Crippen LogP contribution in [-0.4, -0.2) is 57.3 Å². The Morgan fingerprint density at radius 2 is 1.79 bits per heavy atom. The number of nitrogens with one attached hydrogen (secondary N) is 1. The standard InChI is InChI=1S/C19H24F3NO6/c1-4-17(10-27-11-17)12-29-18(19(20,21)22,16(25)28-5-2)23-15(24)13-6-8-14(26-3)9-7-13/h6-9H,4-5,10-12H2,1-3H3,(H,23,24)/t18-/m0/s1. The molecular weight excluding hydrogens is 395 g/mol. The van der Waals surface area contributed by atoms with E-state index in [-0.39, 0.29) is 25.4 Å². The van der Waals surface area contributed by atoms with E-state index in [0.29, 0.717) is 12.2 Å². The molecule has 2 rings (SSSR count). The summed E-state index contributed by atoms with van der Waals surface area (Å²) < 4.78 is 61.9. The van der Waals surface area contributed by atoms with Gasteiger partial charge in [-0.25, -0.2) is 4.79 Å². The highest BCUT2D eigenvalue weighted by Crippen LogP contribution is 2.38. The van der Waals surface area contributed by atoms with Crippen LogP contribution in [0.4, 0.5) is 13.2 Å². The molecule has 0 unspecified atom stereocenters. The third-order valence-electron chi connectivity index (χ3n) is 4.77. The topological polar surface area (TPSA) is 83.1 Å². The average Bonchev–Trinajstić information content (AvgIpc) is 2.65. The predicted octanol–water partition coefficient (Wildman–Crippen LogP) is 2.69. The zero-order chi connectivity index (χ0) is 21.7. The quantitative estimate of drug-likeness (QED) is 0.490. The van der Waals surface area contributed by atoms with Gasteiger partial charge in [0.05, 0.1) is 33.5 Å². The van der Waals surface area contributed by atoms with Crippen molar-refractivity contribution in [1.82, 2.24) is 5.32 Å². The maximum absolute atomic E-state index is 14.1. The summed E-state index contributed by atoms with van der Waals surface area (Å²) in [4.78, 5) is 24.9. The smallest absolute Gasteiger partial charge is 0.448 e. The highest BCUT2D eigenvalue weighted by molar-refractivity contribution is 5.98. The first-order chi connectivity index (χ1) is 13.6. The SMILES string of the molecule is CCOC(=O)[C@](NC(=O)c1ccc(OC)cc1)(OCC1(CC)COC1)C(F)(F)F. The highest BCUT2D eigenvalue weighted by atomic mass is 19.4. The Bertz CT molecular complexity index is 712. The lowest BCUT2D eigenvalue weighted by atomic mass is 9.84. The summed E-state index contributed by atoms with van der Waals surface area (Å²) in [5, 5.41) is 1.71. The third kappa shape index (κ3) is 4.81. The Morgan fingerprint density at radius 1 is 1.17 bits per heavy atom. The van der Waals surface area contributed by atoms with Gasteiger partial charge in [-0.05, 0) is 37.6 Å². The minimum absolute atomic E-state index is 0.107. The number of methoxy groups -OCH3 is 1. The van der Waals surface area contributed by atoms with Crippen LogP contribution in [0.15, 0.2) is 24.3 Å². The van der Waals surface area contributed by atoms with Crippen molar-refractivity contribution in [1.29, 1.82) is 0 Å². The van der Waals surface area contributed by atoms with Crippen LogP contribution < -0.4 is 10.1 Å². The lowest BCUT2D eigenvalue weighted by molar-refractivity contribution is -0.298. The number of amides is 1. The van der Waals surface area contributed by atoms with Crippen molar-refractivity contribution in [2.24, 2.45) is 5.41 Å². The van der Waals surface area contributed by atoms with Crippen LogP contribution in [0, 0.1) is 5.41 Å². The Kier molecular flexibility index (Phi) is 7.12. The third-order valence-corrected chi connectivity index (χ3v) is 4.77. The van der Waals surface area contributed by atoms with Gasteiger partial charge in [-0.15, -0.1) is 0 Å². The molecule has 1 aliphatic heterocycles. The molecule has 0 radical (unpaired) electrons. The van der Waals surface area contributed by atoms with E-state index in [1.165, 1.54) is 38.3 Å². The Hall–Kier alpha value is -2.33. The fourth-order valence-corrected chi connectivity index (χ4v) is 2.66. The van der Waals surface area contributed by atoms with Gasteiger partial charge in [0.1, 0.15) is 5.75 Å². The monoisotopic (exact) mass is 419 g/mol. The number of carbonyl (C=O) groups is 2. The molecule has 0 aliphatic carbocycles. The molecule has 1 fully saturated rings. The zero-order valence-corrected chi connectivity index (χ0v) is 16.4. The lowest BCUT2D eigenvalue weighted by Crippen LogP contribution is -2.67. The van der Waals surface area contributed by atoms with Crippen molar-refractivity contribution < 1.29 is 41.7 Å². The van der Waals surface area contributed by atoms with E-state index < -0.39 is 35.8 Å². The first kappa shape index (κ1) is 23.0. The molecule has 0 aromatic heterocycles. The number of carbonyl (C=O) groups excluding carboxylic acids is 2. The first-order valence-electron chi connectivity index (χ1n) is 9.05. The second-order valence-electron chi connectivity index (χ2n) is 6.72. The number of esters is 1. The number of halogens is 3. The number of benzene rings is 1. The second-order valence-corrected chi connectivity index (χ2v) is 6.72. The first-order valence-corrected chi connectivity index (χ1v) is 9.05. The van der Waals surface area contributed by atoms with Gasteiger partial charge in [-0.1, -0.05) is 6.92 Å². The van der Waals surface area contributed by atoms with Crippen LogP contribution in [0.2, 0.25) is 0 Å². The Labute approximate surface area is 166 Å². The van der Waals surface area contributed by atoms with Crippen LogP contribution in [-0.2, 0) is 19.0 Å². The normalized spacial score (nSPS) is 17.6. The fraction of sp³-hybridized carbons (Fsp3) is 0.579. The van der Waals surface area contributed by atoms with Gasteiger partial charge in [0, 0.05) is 11.0 Å². The second kappa shape index (κ2) is 9.00. The minimum Gasteiger partial charge on any atom is -0.497 e.